The van der Waals surface area contributed by atoms with Gasteiger partial charge in [-0.2, -0.15) is 0 Å². The quantitative estimate of drug-likeness (QED) is 0.354. The summed E-state index contributed by atoms with van der Waals surface area (Å²) in [6.45, 7) is 1.06. The summed E-state index contributed by atoms with van der Waals surface area (Å²) in [4.78, 5) is 26.4. The van der Waals surface area contributed by atoms with E-state index in [-0.39, 0.29) is 5.58 Å². The minimum absolute atomic E-state index is 0.276. The van der Waals surface area contributed by atoms with Crippen molar-refractivity contribution in [2.45, 2.75) is 0 Å². The smallest absolute Gasteiger partial charge is 0.338 e. The molecule has 0 saturated heterocycles. The van der Waals surface area contributed by atoms with Crippen molar-refractivity contribution in [3.8, 4) is 16.9 Å². The number of carbonyl (C=O) groups excluding carboxylic acids is 1. The minimum atomic E-state index is -0.502. The SMILES string of the molecule is COC(=O)c1ccccc1-c1c2ccoc2c(OCCN(C)C)c2oc(=O)ccc12. The summed E-state index contributed by atoms with van der Waals surface area (Å²) in [5, 5.41) is 1.38. The van der Waals surface area contributed by atoms with Gasteiger partial charge in [-0.25, -0.2) is 9.59 Å². The Bertz CT molecular complexity index is 1280. The van der Waals surface area contributed by atoms with Gasteiger partial charge in [-0.05, 0) is 37.9 Å². The van der Waals surface area contributed by atoms with Gasteiger partial charge >= 0.3 is 11.6 Å². The molecule has 7 nitrogen and oxygen atoms in total. The zero-order chi connectivity index (χ0) is 21.3. The van der Waals surface area contributed by atoms with Crippen LogP contribution in [0, 0.1) is 0 Å². The van der Waals surface area contributed by atoms with Crippen LogP contribution in [-0.2, 0) is 4.74 Å². The fraction of sp³-hybridized carbons (Fsp3) is 0.217. The molecule has 0 saturated carbocycles. The standard InChI is InChI=1S/C23H21NO6/c1-24(2)11-13-29-22-20-17(10-12-28-20)19(16-8-9-18(25)30-21(16)22)14-6-4-5-7-15(14)23(26)27-3/h4-10,12H,11,13H2,1-3H3. The Kier molecular flexibility index (Phi) is 5.29. The van der Waals surface area contributed by atoms with Crippen molar-refractivity contribution in [3.05, 3.63) is 64.7 Å². The Morgan fingerprint density at radius 2 is 1.80 bits per heavy atom. The van der Waals surface area contributed by atoms with E-state index in [0.29, 0.717) is 46.6 Å². The molecular weight excluding hydrogens is 386 g/mol. The molecule has 2 aromatic carbocycles. The molecule has 154 valence electrons. The minimum Gasteiger partial charge on any atom is -0.485 e. The second-order valence-electron chi connectivity index (χ2n) is 7.05. The Labute approximate surface area is 172 Å². The number of hydrogen-bond acceptors (Lipinski definition) is 7. The van der Waals surface area contributed by atoms with E-state index in [4.69, 9.17) is 18.3 Å². The monoisotopic (exact) mass is 407 g/mol. The van der Waals surface area contributed by atoms with Crippen LogP contribution < -0.4 is 10.4 Å². The van der Waals surface area contributed by atoms with Gasteiger partial charge in [-0.3, -0.25) is 0 Å². The molecule has 0 spiro atoms. The van der Waals surface area contributed by atoms with Gasteiger partial charge in [0.15, 0.2) is 11.2 Å². The van der Waals surface area contributed by atoms with Crippen LogP contribution in [0.2, 0.25) is 0 Å². The van der Waals surface area contributed by atoms with E-state index in [1.165, 1.54) is 13.2 Å². The molecule has 30 heavy (non-hydrogen) atoms. The fourth-order valence-electron chi connectivity index (χ4n) is 3.45. The van der Waals surface area contributed by atoms with Crippen molar-refractivity contribution >= 4 is 27.9 Å². The molecule has 0 bridgehead atoms. The van der Waals surface area contributed by atoms with Gasteiger partial charge in [0.2, 0.25) is 5.75 Å². The largest absolute Gasteiger partial charge is 0.485 e. The molecule has 0 aliphatic heterocycles. The highest BCUT2D eigenvalue weighted by atomic mass is 16.5. The summed E-state index contributed by atoms with van der Waals surface area (Å²) in [7, 11) is 5.22. The average Bonchev–Trinajstić information content (AvgIpc) is 3.22. The zero-order valence-corrected chi connectivity index (χ0v) is 16.9. The van der Waals surface area contributed by atoms with Crippen molar-refractivity contribution in [2.75, 3.05) is 34.4 Å². The molecule has 2 aromatic heterocycles. The highest BCUT2D eigenvalue weighted by Gasteiger charge is 2.24. The third-order valence-corrected chi connectivity index (χ3v) is 4.84. The maximum absolute atomic E-state index is 12.4. The summed E-state index contributed by atoms with van der Waals surface area (Å²) in [6.07, 6.45) is 1.55. The first-order chi connectivity index (χ1) is 14.5. The molecule has 0 atom stereocenters. The van der Waals surface area contributed by atoms with Crippen LogP contribution in [0.3, 0.4) is 0 Å². The van der Waals surface area contributed by atoms with Crippen LogP contribution >= 0.6 is 0 Å². The van der Waals surface area contributed by atoms with E-state index < -0.39 is 11.6 Å². The normalized spacial score (nSPS) is 11.3. The van der Waals surface area contributed by atoms with Gasteiger partial charge in [-0.15, -0.1) is 0 Å². The lowest BCUT2D eigenvalue weighted by molar-refractivity contribution is 0.0601. The molecule has 0 fully saturated rings. The number of likely N-dealkylation sites (N-methyl/N-ethyl adjacent to an activating group) is 1. The summed E-state index contributed by atoms with van der Waals surface area (Å²) >= 11 is 0. The molecule has 4 rings (SSSR count). The summed E-state index contributed by atoms with van der Waals surface area (Å²) < 4.78 is 22.2. The second-order valence-corrected chi connectivity index (χ2v) is 7.05. The average molecular weight is 407 g/mol. The molecular formula is C23H21NO6. The van der Waals surface area contributed by atoms with E-state index >= 15 is 0 Å². The van der Waals surface area contributed by atoms with Gasteiger partial charge in [-0.1, -0.05) is 18.2 Å². The predicted octanol–water partition coefficient (Wildman–Crippen LogP) is 3.93. The molecule has 0 radical (unpaired) electrons. The predicted molar refractivity (Wildman–Crippen MR) is 113 cm³/mol. The van der Waals surface area contributed by atoms with Crippen molar-refractivity contribution in [1.29, 1.82) is 0 Å². The maximum atomic E-state index is 12.4. The number of esters is 1. The summed E-state index contributed by atoms with van der Waals surface area (Å²) in [6, 6.07) is 12.0. The number of furan rings is 1. The van der Waals surface area contributed by atoms with Crippen LogP contribution in [0.25, 0.3) is 33.1 Å². The van der Waals surface area contributed by atoms with Crippen LogP contribution in [0.1, 0.15) is 10.4 Å². The number of hydrogen-bond donors (Lipinski definition) is 0. The first kappa shape index (κ1) is 19.7. The third-order valence-electron chi connectivity index (χ3n) is 4.84. The van der Waals surface area contributed by atoms with Crippen LogP contribution in [-0.4, -0.2) is 45.2 Å². The van der Waals surface area contributed by atoms with Gasteiger partial charge in [0.05, 0.1) is 18.9 Å². The molecule has 0 aliphatic carbocycles. The number of carbonyl (C=O) groups is 1. The number of rotatable bonds is 6. The number of fused-ring (bicyclic) bond motifs is 2. The fourth-order valence-corrected chi connectivity index (χ4v) is 3.45. The lowest BCUT2D eigenvalue weighted by Crippen LogP contribution is -2.19. The summed E-state index contributed by atoms with van der Waals surface area (Å²) in [5.41, 5.74) is 1.98. The zero-order valence-electron chi connectivity index (χ0n) is 16.9. The Balaban J connectivity index is 2.04. The first-order valence-electron chi connectivity index (χ1n) is 9.43. The lowest BCUT2D eigenvalue weighted by Gasteiger charge is -2.16. The second kappa shape index (κ2) is 8.04. The van der Waals surface area contributed by atoms with E-state index in [1.807, 2.05) is 37.2 Å². The van der Waals surface area contributed by atoms with Crippen molar-refractivity contribution in [2.24, 2.45) is 0 Å². The Morgan fingerprint density at radius 1 is 1.03 bits per heavy atom. The number of ether oxygens (including phenoxy) is 2. The van der Waals surface area contributed by atoms with Gasteiger partial charge in [0.25, 0.3) is 0 Å². The van der Waals surface area contributed by atoms with Crippen molar-refractivity contribution < 1.29 is 23.1 Å². The van der Waals surface area contributed by atoms with Crippen LogP contribution in [0.15, 0.2) is 62.4 Å². The highest BCUT2D eigenvalue weighted by Crippen LogP contribution is 2.44. The number of methoxy groups -OCH3 is 1. The third kappa shape index (κ3) is 3.44. The number of nitrogens with zero attached hydrogens (tertiary/aromatic N) is 1. The van der Waals surface area contributed by atoms with Gasteiger partial charge in [0, 0.05) is 28.9 Å². The lowest BCUT2D eigenvalue weighted by atomic mass is 9.93. The van der Waals surface area contributed by atoms with Crippen molar-refractivity contribution in [1.82, 2.24) is 4.90 Å². The van der Waals surface area contributed by atoms with Crippen molar-refractivity contribution in [3.63, 3.8) is 0 Å². The van der Waals surface area contributed by atoms with E-state index in [9.17, 15) is 9.59 Å². The topological polar surface area (TPSA) is 82.1 Å². The van der Waals surface area contributed by atoms with Crippen LogP contribution in [0.5, 0.6) is 5.75 Å². The van der Waals surface area contributed by atoms with E-state index in [2.05, 4.69) is 0 Å². The van der Waals surface area contributed by atoms with Gasteiger partial charge in [0.1, 0.15) is 6.61 Å². The molecule has 0 amide bonds. The molecule has 0 unspecified atom stereocenters. The maximum Gasteiger partial charge on any atom is 0.338 e. The first-order valence-corrected chi connectivity index (χ1v) is 9.43. The summed E-state index contributed by atoms with van der Waals surface area (Å²) in [5.74, 6) is -0.0945. The number of benzene rings is 2. The van der Waals surface area contributed by atoms with Crippen LogP contribution in [0.4, 0.5) is 0 Å². The van der Waals surface area contributed by atoms with Gasteiger partial charge < -0.3 is 23.2 Å². The molecule has 2 heterocycles. The van der Waals surface area contributed by atoms with E-state index in [1.54, 1.807) is 24.5 Å². The van der Waals surface area contributed by atoms with E-state index in [0.717, 1.165) is 5.39 Å². The molecule has 0 aliphatic rings. The highest BCUT2D eigenvalue weighted by molar-refractivity contribution is 6.16. The Hall–Kier alpha value is -3.58. The Morgan fingerprint density at radius 3 is 2.57 bits per heavy atom. The molecule has 4 aromatic rings. The molecule has 7 heteroatoms. The molecule has 0 N–H and O–H groups in total.